The van der Waals surface area contributed by atoms with Gasteiger partial charge in [0.1, 0.15) is 34.7 Å². The van der Waals surface area contributed by atoms with Crippen molar-refractivity contribution in [2.75, 3.05) is 18.3 Å². The summed E-state index contributed by atoms with van der Waals surface area (Å²) in [7, 11) is 0. The van der Waals surface area contributed by atoms with E-state index in [1.54, 1.807) is 28.4 Å². The molecule has 5 rings (SSSR count). The van der Waals surface area contributed by atoms with Gasteiger partial charge in [-0.1, -0.05) is 16.5 Å². The number of nitrogens with two attached hydrogens (primary N) is 2. The first-order valence-corrected chi connectivity index (χ1v) is 13.6. The predicted octanol–water partition coefficient (Wildman–Crippen LogP) is -2.12. The van der Waals surface area contributed by atoms with Crippen LogP contribution < -0.4 is 26.5 Å². The van der Waals surface area contributed by atoms with Crippen LogP contribution in [0, 0.1) is 6.92 Å². The Kier molecular flexibility index (Phi) is 6.95. The molecule has 3 aromatic rings. The van der Waals surface area contributed by atoms with Crippen molar-refractivity contribution in [3.63, 3.8) is 0 Å². The van der Waals surface area contributed by atoms with E-state index in [2.05, 4.69) is 24.7 Å². The summed E-state index contributed by atoms with van der Waals surface area (Å²) in [4.78, 5) is 59.9. The highest BCUT2D eigenvalue weighted by Gasteiger charge is 2.53. The summed E-state index contributed by atoms with van der Waals surface area (Å²) in [5, 5.41) is 17.2. The number of fused-ring (bicyclic) bond motifs is 2. The number of nitrogen functional groups attached to an aromatic ring is 1. The van der Waals surface area contributed by atoms with Crippen molar-refractivity contribution in [3.8, 4) is 0 Å². The Labute approximate surface area is 230 Å². The van der Waals surface area contributed by atoms with Gasteiger partial charge in [-0.25, -0.2) is 8.96 Å². The monoisotopic (exact) mass is 595 g/mol. The minimum Gasteiger partial charge on any atom is -0.543 e. The number of halogens is 1. The summed E-state index contributed by atoms with van der Waals surface area (Å²) in [6, 6.07) is -1.10. The highest BCUT2D eigenvalue weighted by Crippen LogP contribution is 2.40. The summed E-state index contributed by atoms with van der Waals surface area (Å²) in [5.74, 6) is -3.69. The van der Waals surface area contributed by atoms with Gasteiger partial charge < -0.3 is 31.5 Å². The summed E-state index contributed by atoms with van der Waals surface area (Å²) >= 11 is 3.23. The fourth-order valence-electron chi connectivity index (χ4n) is 4.20. The second kappa shape index (κ2) is 10.2. The number of nitrogens with one attached hydrogen (secondary N) is 1. The van der Waals surface area contributed by atoms with E-state index >= 15 is 0 Å². The third-order valence-corrected chi connectivity index (χ3v) is 8.97. The number of aromatic nitrogens is 4. The minimum absolute atomic E-state index is 0.0279. The molecule has 0 aromatic carbocycles. The highest BCUT2D eigenvalue weighted by molar-refractivity contribution is 8.00. The van der Waals surface area contributed by atoms with Crippen molar-refractivity contribution in [2.24, 2.45) is 10.9 Å². The van der Waals surface area contributed by atoms with Crippen LogP contribution in [0.2, 0.25) is 0 Å². The maximum absolute atomic E-state index is 13.0. The van der Waals surface area contributed by atoms with Crippen LogP contribution >= 0.6 is 34.6 Å². The van der Waals surface area contributed by atoms with Crippen molar-refractivity contribution in [3.05, 3.63) is 40.2 Å². The van der Waals surface area contributed by atoms with Gasteiger partial charge in [-0.15, -0.1) is 11.8 Å². The maximum Gasteiger partial charge on any atom is 0.278 e. The van der Waals surface area contributed by atoms with Crippen molar-refractivity contribution < 1.29 is 38.1 Å². The summed E-state index contributed by atoms with van der Waals surface area (Å²) in [6.07, 6.45) is 3.44. The number of alkyl halides is 1. The zero-order valence-electron chi connectivity index (χ0n) is 19.8. The van der Waals surface area contributed by atoms with Gasteiger partial charge in [0.25, 0.3) is 24.6 Å². The van der Waals surface area contributed by atoms with Gasteiger partial charge in [-0.2, -0.15) is 13.8 Å². The molecule has 0 unspecified atom stereocenters. The quantitative estimate of drug-likeness (QED) is 0.106. The van der Waals surface area contributed by atoms with Crippen LogP contribution in [0.5, 0.6) is 0 Å². The number of rotatable bonds is 9. The Balaban J connectivity index is 1.36. The fraction of sp³-hybridized carbons (Fsp3) is 0.300. The number of hydrogen-bond donors (Lipinski definition) is 3. The Morgan fingerprint density at radius 3 is 2.79 bits per heavy atom. The molecule has 0 bridgehead atoms. The number of aliphatic carboxylic acids is 1. The zero-order chi connectivity index (χ0) is 28.0. The molecule has 3 amide bonds. The van der Waals surface area contributed by atoms with E-state index in [-0.39, 0.29) is 29.0 Å². The molecule has 39 heavy (non-hydrogen) atoms. The van der Waals surface area contributed by atoms with Gasteiger partial charge in [0, 0.05) is 22.9 Å². The Bertz CT molecular complexity index is 1590. The smallest absolute Gasteiger partial charge is 0.278 e. The number of thiazole rings is 1. The largest absolute Gasteiger partial charge is 0.543 e. The van der Waals surface area contributed by atoms with Crippen molar-refractivity contribution in [1.82, 2.24) is 24.0 Å². The molecular formula is C20H18FN9O6S3. The van der Waals surface area contributed by atoms with Crippen molar-refractivity contribution in [1.29, 1.82) is 0 Å². The van der Waals surface area contributed by atoms with E-state index in [1.165, 1.54) is 23.1 Å². The molecule has 1 fully saturated rings. The average molecular weight is 596 g/mol. The number of aryl methyl sites for hydroxylation is 1. The SMILES string of the molecule is Cc1c(C(N)=O)sc2c[n+](CC3=C(C(=O)[O-])N4C(=O)[C@@H](NC(=O)/C(=N\OCF)c5nsc(N)n5)[C@H]4SC3)cn12. The molecule has 0 radical (unpaired) electrons. The Morgan fingerprint density at radius 1 is 1.41 bits per heavy atom. The van der Waals surface area contributed by atoms with E-state index in [9.17, 15) is 28.7 Å². The second-order valence-corrected chi connectivity index (χ2v) is 11.2. The molecule has 2 aliphatic rings. The van der Waals surface area contributed by atoms with Gasteiger partial charge in [0.2, 0.25) is 22.7 Å². The van der Waals surface area contributed by atoms with E-state index in [1.807, 2.05) is 0 Å². The molecule has 5 N–H and O–H groups in total. The van der Waals surface area contributed by atoms with Gasteiger partial charge in [-0.05, 0) is 6.92 Å². The second-order valence-electron chi connectivity index (χ2n) is 8.24. The third-order valence-electron chi connectivity index (χ3n) is 5.87. The number of amides is 3. The molecular weight excluding hydrogens is 577 g/mol. The van der Waals surface area contributed by atoms with E-state index in [0.29, 0.717) is 16.1 Å². The van der Waals surface area contributed by atoms with Gasteiger partial charge in [-0.3, -0.25) is 19.3 Å². The first-order valence-electron chi connectivity index (χ1n) is 11.0. The molecule has 19 heteroatoms. The van der Waals surface area contributed by atoms with E-state index in [4.69, 9.17) is 11.5 Å². The first kappa shape index (κ1) is 26.5. The number of nitrogens with zero attached hydrogens (tertiary/aromatic N) is 6. The third kappa shape index (κ3) is 4.68. The van der Waals surface area contributed by atoms with Crippen LogP contribution in [0.25, 0.3) is 4.83 Å². The van der Waals surface area contributed by atoms with Crippen LogP contribution in [-0.2, 0) is 25.8 Å². The number of thioether (sulfide) groups is 1. The normalized spacial score (nSPS) is 19.2. The van der Waals surface area contributed by atoms with Gasteiger partial charge in [0.05, 0.1) is 11.7 Å². The summed E-state index contributed by atoms with van der Waals surface area (Å²) < 4.78 is 19.8. The number of carbonyl (C=O) groups is 4. The number of oxime groups is 1. The molecule has 5 heterocycles. The fourth-order valence-corrected chi connectivity index (χ4v) is 7.00. The highest BCUT2D eigenvalue weighted by atomic mass is 32.2. The summed E-state index contributed by atoms with van der Waals surface area (Å²) in [5.41, 5.74) is 11.2. The van der Waals surface area contributed by atoms with Crippen LogP contribution in [-0.4, -0.2) is 72.1 Å². The molecule has 2 atom stereocenters. The standard InChI is InChI=1S/C20H18FN9O6S3/c1-7-13(14(22)31)38-9-3-28(6-29(7)9)2-8-4-37-18-11(17(33)30(18)12(8)19(34)35)24-16(32)10(26-36-5-21)15-25-20(23)39-27-15/h3,6,11,18H,2,4-5H2,1H3,(H5-,22,23,24,25,27,31,32,34,35)/b26-10-/t11-,18-/m1/s1. The molecule has 1 saturated heterocycles. The molecule has 0 spiro atoms. The number of β-lactam (4-membered cyclic amide) rings is 1. The molecule has 15 nitrogen and oxygen atoms in total. The van der Waals surface area contributed by atoms with Gasteiger partial charge in [0.15, 0.2) is 5.13 Å². The molecule has 2 aliphatic heterocycles. The van der Waals surface area contributed by atoms with Gasteiger partial charge >= 0.3 is 0 Å². The number of imidazole rings is 1. The van der Waals surface area contributed by atoms with Crippen molar-refractivity contribution >= 4 is 74.0 Å². The lowest BCUT2D eigenvalue weighted by atomic mass is 10.0. The van der Waals surface area contributed by atoms with E-state index in [0.717, 1.165) is 21.3 Å². The number of carboxylic acids is 1. The minimum atomic E-state index is -1.54. The number of carboxylic acid groups (broad SMARTS) is 1. The number of primary amides is 1. The zero-order valence-corrected chi connectivity index (χ0v) is 22.3. The Hall–Kier alpha value is -4.10. The average Bonchev–Trinajstić information content (AvgIpc) is 3.58. The lowest BCUT2D eigenvalue weighted by Gasteiger charge is -2.50. The lowest BCUT2D eigenvalue weighted by Crippen LogP contribution is -2.71. The topological polar surface area (TPSA) is 214 Å². The van der Waals surface area contributed by atoms with Crippen LogP contribution in [0.1, 0.15) is 21.2 Å². The summed E-state index contributed by atoms with van der Waals surface area (Å²) in [6.45, 7) is 0.558. The van der Waals surface area contributed by atoms with Crippen LogP contribution in [0.15, 0.2) is 29.0 Å². The van der Waals surface area contributed by atoms with Crippen LogP contribution in [0.4, 0.5) is 9.52 Å². The first-order chi connectivity index (χ1) is 18.6. The Morgan fingerprint density at radius 2 is 2.18 bits per heavy atom. The molecule has 0 aliphatic carbocycles. The van der Waals surface area contributed by atoms with E-state index < -0.39 is 47.7 Å². The number of carbonyl (C=O) groups excluding carboxylic acids is 4. The number of anilines is 1. The molecule has 204 valence electrons. The molecule has 3 aromatic heterocycles. The van der Waals surface area contributed by atoms with Crippen LogP contribution in [0.3, 0.4) is 0 Å². The molecule has 0 saturated carbocycles. The van der Waals surface area contributed by atoms with Crippen molar-refractivity contribution in [2.45, 2.75) is 24.9 Å². The lowest BCUT2D eigenvalue weighted by molar-refractivity contribution is -0.687. The predicted molar refractivity (Wildman–Crippen MR) is 134 cm³/mol. The number of hydrogen-bond acceptors (Lipinski definition) is 13. The maximum atomic E-state index is 13.0.